The van der Waals surface area contributed by atoms with Crippen LogP contribution in [0.3, 0.4) is 0 Å². The first kappa shape index (κ1) is 24.7. The van der Waals surface area contributed by atoms with Crippen LogP contribution in [0.2, 0.25) is 0 Å². The Morgan fingerprint density at radius 2 is 1.74 bits per heavy atom. The molecule has 0 saturated heterocycles. The van der Waals surface area contributed by atoms with E-state index in [1.54, 1.807) is 11.8 Å². The predicted octanol–water partition coefficient (Wildman–Crippen LogP) is 7.22. The summed E-state index contributed by atoms with van der Waals surface area (Å²) in [5.74, 6) is 0.315. The average molecular weight is 490 g/mol. The first-order chi connectivity index (χ1) is 17.1. The highest BCUT2D eigenvalue weighted by Crippen LogP contribution is 2.35. The smallest absolute Gasteiger partial charge is 0.304 e. The Hall–Kier alpha value is -3.38. The number of aliphatic carboxylic acids is 1. The number of carbonyl (C=O) groups is 1. The van der Waals surface area contributed by atoms with Crippen LogP contribution in [0.1, 0.15) is 41.3 Å². The molecule has 35 heavy (non-hydrogen) atoms. The summed E-state index contributed by atoms with van der Waals surface area (Å²) in [4.78, 5) is 15.6. The maximum absolute atomic E-state index is 13.1. The Labute approximate surface area is 209 Å². The first-order valence-corrected chi connectivity index (χ1v) is 12.8. The molecule has 1 unspecified atom stereocenters. The number of nitrogens with zero attached hydrogens (tertiary/aromatic N) is 1. The third-order valence-corrected chi connectivity index (χ3v) is 7.12. The largest absolute Gasteiger partial charge is 0.487 e. The third kappa shape index (κ3) is 7.55. The summed E-state index contributed by atoms with van der Waals surface area (Å²) in [6, 6.07) is 26.7. The molecule has 0 spiro atoms. The Morgan fingerprint density at radius 1 is 0.971 bits per heavy atom. The van der Waals surface area contributed by atoms with Crippen molar-refractivity contribution < 1.29 is 19.0 Å². The Balaban J connectivity index is 1.35. The molecule has 1 N–H and O–H groups in total. The van der Waals surface area contributed by atoms with E-state index >= 15 is 0 Å². The Kier molecular flexibility index (Phi) is 8.74. The van der Waals surface area contributed by atoms with Crippen molar-refractivity contribution in [3.63, 3.8) is 0 Å². The summed E-state index contributed by atoms with van der Waals surface area (Å²) in [6.07, 6.45) is 2.83. The van der Waals surface area contributed by atoms with Crippen LogP contribution in [0, 0.1) is 5.82 Å². The van der Waals surface area contributed by atoms with E-state index in [1.165, 1.54) is 12.1 Å². The average Bonchev–Trinajstić information content (AvgIpc) is 2.88. The fourth-order valence-electron chi connectivity index (χ4n) is 3.90. The zero-order chi connectivity index (χ0) is 24.5. The molecule has 0 fully saturated rings. The van der Waals surface area contributed by atoms with Gasteiger partial charge in [-0.15, -0.1) is 0 Å². The summed E-state index contributed by atoms with van der Waals surface area (Å²) in [5.41, 5.74) is 4.07. The quantitative estimate of drug-likeness (QED) is 0.228. The van der Waals surface area contributed by atoms with Crippen molar-refractivity contribution in [1.82, 2.24) is 4.98 Å². The zero-order valence-corrected chi connectivity index (χ0v) is 20.2. The second-order valence-corrected chi connectivity index (χ2v) is 9.69. The van der Waals surface area contributed by atoms with Crippen molar-refractivity contribution in [2.75, 3.05) is 5.75 Å². The number of halogens is 1. The third-order valence-electron chi connectivity index (χ3n) is 5.77. The van der Waals surface area contributed by atoms with E-state index in [1.807, 2.05) is 54.6 Å². The van der Waals surface area contributed by atoms with Crippen LogP contribution in [0.4, 0.5) is 4.39 Å². The lowest BCUT2D eigenvalue weighted by Crippen LogP contribution is -2.02. The summed E-state index contributed by atoms with van der Waals surface area (Å²) >= 11 is 1.67. The first-order valence-electron chi connectivity index (χ1n) is 11.7. The molecule has 0 saturated carbocycles. The summed E-state index contributed by atoms with van der Waals surface area (Å²) in [7, 11) is 0. The molecule has 0 aliphatic heterocycles. The van der Waals surface area contributed by atoms with Gasteiger partial charge in [-0.1, -0.05) is 48.5 Å². The molecule has 0 radical (unpaired) electrons. The molecule has 3 aromatic carbocycles. The second-order valence-electron chi connectivity index (χ2n) is 8.37. The number of hydrogen-bond donors (Lipinski definition) is 1. The van der Waals surface area contributed by atoms with Crippen molar-refractivity contribution in [3.05, 3.63) is 108 Å². The van der Waals surface area contributed by atoms with E-state index in [-0.39, 0.29) is 17.5 Å². The number of carboxylic acids is 1. The number of aryl methyl sites for hydroxylation is 1. The van der Waals surface area contributed by atoms with Gasteiger partial charge in [0.15, 0.2) is 0 Å². The summed E-state index contributed by atoms with van der Waals surface area (Å²) < 4.78 is 19.1. The van der Waals surface area contributed by atoms with Gasteiger partial charge in [0.05, 0.1) is 17.6 Å². The number of ether oxygens (including phenoxy) is 1. The van der Waals surface area contributed by atoms with E-state index in [0.29, 0.717) is 12.4 Å². The van der Waals surface area contributed by atoms with Gasteiger partial charge < -0.3 is 9.84 Å². The molecule has 0 amide bonds. The predicted molar refractivity (Wildman–Crippen MR) is 139 cm³/mol. The number of rotatable bonds is 12. The van der Waals surface area contributed by atoms with Gasteiger partial charge in [-0.3, -0.25) is 4.79 Å². The van der Waals surface area contributed by atoms with Gasteiger partial charge in [0.2, 0.25) is 0 Å². The van der Waals surface area contributed by atoms with Crippen molar-refractivity contribution in [2.24, 2.45) is 0 Å². The zero-order valence-electron chi connectivity index (χ0n) is 19.4. The van der Waals surface area contributed by atoms with E-state index in [0.717, 1.165) is 52.7 Å². The van der Waals surface area contributed by atoms with Gasteiger partial charge in [0, 0.05) is 16.4 Å². The number of thioether (sulfide) groups is 1. The molecule has 6 heteroatoms. The van der Waals surface area contributed by atoms with Crippen LogP contribution in [-0.2, 0) is 17.8 Å². The van der Waals surface area contributed by atoms with Gasteiger partial charge in [-0.05, 0) is 66.8 Å². The van der Waals surface area contributed by atoms with Crippen LogP contribution in [0.5, 0.6) is 5.75 Å². The number of hydrogen-bond acceptors (Lipinski definition) is 4. The molecule has 0 aliphatic carbocycles. The molecule has 0 bridgehead atoms. The minimum Gasteiger partial charge on any atom is -0.487 e. The van der Waals surface area contributed by atoms with Crippen molar-refractivity contribution >= 4 is 28.6 Å². The van der Waals surface area contributed by atoms with E-state index in [2.05, 4.69) is 23.2 Å². The van der Waals surface area contributed by atoms with E-state index in [9.17, 15) is 9.18 Å². The number of fused-ring (bicyclic) bond motifs is 1. The van der Waals surface area contributed by atoms with Crippen molar-refractivity contribution in [3.8, 4) is 5.75 Å². The SMILES string of the molecule is O=C(O)CCSC(CCCc1ccc(F)cc1)c1ccc(OCc2ccc3ccccc3n2)cc1. The maximum atomic E-state index is 13.1. The molecule has 1 heterocycles. The van der Waals surface area contributed by atoms with Crippen LogP contribution < -0.4 is 4.74 Å². The fraction of sp³-hybridized carbons (Fsp3) is 0.241. The highest BCUT2D eigenvalue weighted by molar-refractivity contribution is 7.99. The lowest BCUT2D eigenvalue weighted by Gasteiger charge is -2.17. The number of pyridine rings is 1. The van der Waals surface area contributed by atoms with Crippen molar-refractivity contribution in [1.29, 1.82) is 0 Å². The van der Waals surface area contributed by atoms with Gasteiger partial charge in [0.25, 0.3) is 0 Å². The molecule has 1 aromatic heterocycles. The number of para-hydroxylation sites is 1. The second kappa shape index (κ2) is 12.4. The monoisotopic (exact) mass is 489 g/mol. The summed E-state index contributed by atoms with van der Waals surface area (Å²) in [5, 5.41) is 10.3. The highest BCUT2D eigenvalue weighted by atomic mass is 32.2. The number of carboxylic acid groups (broad SMARTS) is 1. The molecule has 4 aromatic rings. The maximum Gasteiger partial charge on any atom is 0.304 e. The van der Waals surface area contributed by atoms with E-state index in [4.69, 9.17) is 9.84 Å². The molecular weight excluding hydrogens is 461 g/mol. The topological polar surface area (TPSA) is 59.4 Å². The lowest BCUT2D eigenvalue weighted by atomic mass is 10.0. The Morgan fingerprint density at radius 3 is 2.51 bits per heavy atom. The minimum atomic E-state index is -0.784. The standard InChI is InChI=1S/C29H28FNO3S/c30-24-13-8-21(9-14-24)4-3-7-28(35-19-18-29(32)33)23-11-16-26(17-12-23)34-20-25-15-10-22-5-1-2-6-27(22)31-25/h1-2,5-6,8-17,28H,3-4,7,18-20H2,(H,32,33). The van der Waals surface area contributed by atoms with Crippen LogP contribution in [0.25, 0.3) is 10.9 Å². The lowest BCUT2D eigenvalue weighted by molar-refractivity contribution is -0.136. The molecular formula is C29H28FNO3S. The van der Waals surface area contributed by atoms with Crippen molar-refractivity contribution in [2.45, 2.75) is 37.5 Å². The fourth-order valence-corrected chi connectivity index (χ4v) is 5.16. The van der Waals surface area contributed by atoms with Crippen LogP contribution in [0.15, 0.2) is 84.9 Å². The van der Waals surface area contributed by atoms with Gasteiger partial charge in [-0.2, -0.15) is 11.8 Å². The molecule has 4 rings (SSSR count). The number of benzene rings is 3. The minimum absolute atomic E-state index is 0.138. The van der Waals surface area contributed by atoms with E-state index < -0.39 is 5.97 Å². The molecule has 1 atom stereocenters. The van der Waals surface area contributed by atoms with Gasteiger partial charge in [-0.25, -0.2) is 9.37 Å². The Bertz CT molecular complexity index is 1250. The number of aromatic nitrogens is 1. The summed E-state index contributed by atoms with van der Waals surface area (Å²) in [6.45, 7) is 0.388. The van der Waals surface area contributed by atoms with Gasteiger partial charge >= 0.3 is 5.97 Å². The normalized spacial score (nSPS) is 11.9. The van der Waals surface area contributed by atoms with Crippen LogP contribution >= 0.6 is 11.8 Å². The van der Waals surface area contributed by atoms with Crippen LogP contribution in [-0.4, -0.2) is 21.8 Å². The highest BCUT2D eigenvalue weighted by Gasteiger charge is 2.14. The van der Waals surface area contributed by atoms with Gasteiger partial charge in [0.1, 0.15) is 18.2 Å². The molecule has 0 aliphatic rings. The molecule has 180 valence electrons. The molecule has 4 nitrogen and oxygen atoms in total.